The van der Waals surface area contributed by atoms with Crippen LogP contribution in [-0.4, -0.2) is 11.6 Å². The standard InChI is InChI=1S/C21H18O3/c22-15-5-7-17(19(23)10-15)18-11-24-20-8-4-14-9-13(12-1-2-12)3-6-16(14)21(18)20/h3-4,6,8-9,11-12,17H,1-2,5,7,10H2/t17-/m1/s1. The second kappa shape index (κ2) is 5.04. The molecule has 0 unspecified atom stereocenters. The molecule has 3 aromatic rings. The van der Waals surface area contributed by atoms with Gasteiger partial charge in [-0.3, -0.25) is 9.59 Å². The average molecular weight is 318 g/mol. The van der Waals surface area contributed by atoms with E-state index in [0.29, 0.717) is 12.8 Å². The minimum Gasteiger partial charge on any atom is -0.464 e. The Bertz CT molecular complexity index is 991. The molecule has 24 heavy (non-hydrogen) atoms. The van der Waals surface area contributed by atoms with Crippen LogP contribution in [0.3, 0.4) is 0 Å². The third-order valence-corrected chi connectivity index (χ3v) is 5.50. The van der Waals surface area contributed by atoms with Gasteiger partial charge < -0.3 is 4.42 Å². The molecule has 2 saturated carbocycles. The van der Waals surface area contributed by atoms with E-state index < -0.39 is 0 Å². The normalized spacial score (nSPS) is 21.8. The highest BCUT2D eigenvalue weighted by molar-refractivity contribution is 6.11. The molecule has 1 aromatic heterocycles. The molecule has 2 aliphatic carbocycles. The Kier molecular flexibility index (Phi) is 2.93. The summed E-state index contributed by atoms with van der Waals surface area (Å²) in [6.07, 6.45) is 5.44. The number of carbonyl (C=O) groups is 2. The van der Waals surface area contributed by atoms with Crippen molar-refractivity contribution in [1.82, 2.24) is 0 Å². The zero-order chi connectivity index (χ0) is 16.3. The molecule has 0 amide bonds. The van der Waals surface area contributed by atoms with Gasteiger partial charge in [-0.1, -0.05) is 24.3 Å². The lowest BCUT2D eigenvalue weighted by molar-refractivity contribution is -0.130. The van der Waals surface area contributed by atoms with E-state index in [1.807, 2.05) is 6.07 Å². The monoisotopic (exact) mass is 318 g/mol. The van der Waals surface area contributed by atoms with Crippen LogP contribution in [0.1, 0.15) is 55.1 Å². The molecular formula is C21H18O3. The summed E-state index contributed by atoms with van der Waals surface area (Å²) < 4.78 is 5.74. The van der Waals surface area contributed by atoms with E-state index in [0.717, 1.165) is 27.8 Å². The van der Waals surface area contributed by atoms with E-state index in [9.17, 15) is 9.59 Å². The first-order valence-corrected chi connectivity index (χ1v) is 8.69. The lowest BCUT2D eigenvalue weighted by Gasteiger charge is -2.19. The van der Waals surface area contributed by atoms with Crippen LogP contribution in [0.15, 0.2) is 41.0 Å². The van der Waals surface area contributed by atoms with Crippen molar-refractivity contribution in [3.05, 3.63) is 47.7 Å². The Morgan fingerprint density at radius 1 is 1.00 bits per heavy atom. The fraction of sp³-hybridized carbons (Fsp3) is 0.333. The Hall–Kier alpha value is -2.42. The Morgan fingerprint density at radius 3 is 2.67 bits per heavy atom. The van der Waals surface area contributed by atoms with E-state index in [4.69, 9.17) is 4.42 Å². The molecule has 0 saturated heterocycles. The van der Waals surface area contributed by atoms with Crippen LogP contribution in [0.5, 0.6) is 0 Å². The summed E-state index contributed by atoms with van der Waals surface area (Å²) in [5.74, 6) is 0.598. The molecule has 2 aliphatic rings. The van der Waals surface area contributed by atoms with Crippen molar-refractivity contribution in [3.8, 4) is 0 Å². The fourth-order valence-electron chi connectivity index (χ4n) is 4.04. The highest BCUT2D eigenvalue weighted by Gasteiger charge is 2.31. The quantitative estimate of drug-likeness (QED) is 0.633. The summed E-state index contributed by atoms with van der Waals surface area (Å²) in [5.41, 5.74) is 3.18. The molecule has 0 bridgehead atoms. The van der Waals surface area contributed by atoms with Crippen molar-refractivity contribution in [3.63, 3.8) is 0 Å². The maximum atomic E-state index is 12.4. The second-order valence-electron chi connectivity index (χ2n) is 7.16. The average Bonchev–Trinajstić information content (AvgIpc) is 3.34. The smallest absolute Gasteiger partial charge is 0.147 e. The second-order valence-corrected chi connectivity index (χ2v) is 7.16. The van der Waals surface area contributed by atoms with Gasteiger partial charge in [0.2, 0.25) is 0 Å². The molecule has 0 N–H and O–H groups in total. The van der Waals surface area contributed by atoms with Gasteiger partial charge in [-0.2, -0.15) is 0 Å². The first kappa shape index (κ1) is 14.0. The summed E-state index contributed by atoms with van der Waals surface area (Å²) in [6, 6.07) is 10.8. The molecule has 3 heteroatoms. The van der Waals surface area contributed by atoms with Gasteiger partial charge in [0.15, 0.2) is 0 Å². The lowest BCUT2D eigenvalue weighted by Crippen LogP contribution is -2.22. The number of carbonyl (C=O) groups excluding carboxylic acids is 2. The third-order valence-electron chi connectivity index (χ3n) is 5.50. The number of rotatable bonds is 2. The molecule has 0 aliphatic heterocycles. The maximum Gasteiger partial charge on any atom is 0.147 e. The number of fused-ring (bicyclic) bond motifs is 3. The largest absolute Gasteiger partial charge is 0.464 e. The predicted molar refractivity (Wildman–Crippen MR) is 92.3 cm³/mol. The zero-order valence-electron chi connectivity index (χ0n) is 13.4. The number of hydrogen-bond donors (Lipinski definition) is 0. The molecule has 2 fully saturated rings. The summed E-state index contributed by atoms with van der Waals surface area (Å²) in [5, 5.41) is 3.39. The fourth-order valence-corrected chi connectivity index (χ4v) is 4.04. The molecule has 0 spiro atoms. The van der Waals surface area contributed by atoms with Crippen molar-refractivity contribution in [2.75, 3.05) is 0 Å². The Balaban J connectivity index is 1.69. The highest BCUT2D eigenvalue weighted by Crippen LogP contribution is 2.43. The molecule has 3 nitrogen and oxygen atoms in total. The summed E-state index contributed by atoms with van der Waals surface area (Å²) in [4.78, 5) is 23.9. The molecule has 1 heterocycles. The van der Waals surface area contributed by atoms with Crippen LogP contribution in [0.4, 0.5) is 0 Å². The highest BCUT2D eigenvalue weighted by atomic mass is 16.3. The number of furan rings is 1. The van der Waals surface area contributed by atoms with E-state index >= 15 is 0 Å². The van der Waals surface area contributed by atoms with Crippen molar-refractivity contribution < 1.29 is 14.0 Å². The van der Waals surface area contributed by atoms with E-state index in [1.54, 1.807) is 6.26 Å². The third kappa shape index (κ3) is 2.11. The van der Waals surface area contributed by atoms with Gasteiger partial charge in [0.25, 0.3) is 0 Å². The molecule has 120 valence electrons. The number of Topliss-reactive ketones (excluding diaryl/α,β-unsaturated/α-hetero) is 2. The van der Waals surface area contributed by atoms with Crippen molar-refractivity contribution in [2.45, 2.75) is 43.9 Å². The molecule has 0 radical (unpaired) electrons. The lowest BCUT2D eigenvalue weighted by atomic mass is 9.81. The van der Waals surface area contributed by atoms with Gasteiger partial charge in [0, 0.05) is 23.3 Å². The minimum absolute atomic E-state index is 0.0283. The van der Waals surface area contributed by atoms with Gasteiger partial charge in [0.1, 0.15) is 17.1 Å². The maximum absolute atomic E-state index is 12.4. The van der Waals surface area contributed by atoms with Crippen LogP contribution >= 0.6 is 0 Å². The van der Waals surface area contributed by atoms with Crippen molar-refractivity contribution in [2.24, 2.45) is 0 Å². The summed E-state index contributed by atoms with van der Waals surface area (Å²) in [6.45, 7) is 0. The summed E-state index contributed by atoms with van der Waals surface area (Å²) >= 11 is 0. The first-order valence-electron chi connectivity index (χ1n) is 8.69. The number of benzene rings is 2. The van der Waals surface area contributed by atoms with Gasteiger partial charge in [-0.15, -0.1) is 0 Å². The van der Waals surface area contributed by atoms with Crippen molar-refractivity contribution >= 4 is 33.3 Å². The summed E-state index contributed by atoms with van der Waals surface area (Å²) in [7, 11) is 0. The van der Waals surface area contributed by atoms with Crippen LogP contribution in [0.25, 0.3) is 21.7 Å². The van der Waals surface area contributed by atoms with Gasteiger partial charge in [0.05, 0.1) is 12.7 Å². The Labute approximate surface area is 139 Å². The van der Waals surface area contributed by atoms with E-state index in [1.165, 1.54) is 23.8 Å². The molecule has 2 aromatic carbocycles. The van der Waals surface area contributed by atoms with Crippen LogP contribution in [0, 0.1) is 0 Å². The first-order chi connectivity index (χ1) is 11.7. The zero-order valence-corrected chi connectivity index (χ0v) is 13.4. The van der Waals surface area contributed by atoms with Crippen LogP contribution in [-0.2, 0) is 9.59 Å². The predicted octanol–water partition coefficient (Wildman–Crippen LogP) is 4.87. The molecule has 1 atom stereocenters. The SMILES string of the molecule is O=C1CC[C@H](c2coc3ccc4cc(C5CC5)ccc4c23)C(=O)C1. The van der Waals surface area contributed by atoms with Crippen molar-refractivity contribution in [1.29, 1.82) is 0 Å². The minimum atomic E-state index is -0.211. The topological polar surface area (TPSA) is 47.3 Å². The van der Waals surface area contributed by atoms with E-state index in [2.05, 4.69) is 24.3 Å². The Morgan fingerprint density at radius 2 is 1.88 bits per heavy atom. The van der Waals surface area contributed by atoms with Gasteiger partial charge >= 0.3 is 0 Å². The van der Waals surface area contributed by atoms with Gasteiger partial charge in [-0.25, -0.2) is 0 Å². The molecular weight excluding hydrogens is 300 g/mol. The van der Waals surface area contributed by atoms with Gasteiger partial charge in [-0.05, 0) is 47.6 Å². The number of hydrogen-bond acceptors (Lipinski definition) is 3. The van der Waals surface area contributed by atoms with Crippen LogP contribution < -0.4 is 0 Å². The van der Waals surface area contributed by atoms with Crippen LogP contribution in [0.2, 0.25) is 0 Å². The molecule has 5 rings (SSSR count). The van der Waals surface area contributed by atoms with E-state index in [-0.39, 0.29) is 23.9 Å². The number of ketones is 2.